The van der Waals surface area contributed by atoms with Crippen molar-refractivity contribution in [3.05, 3.63) is 11.5 Å². The van der Waals surface area contributed by atoms with Crippen molar-refractivity contribution < 1.29 is 9.53 Å². The highest BCUT2D eigenvalue weighted by molar-refractivity contribution is 8.24. The molecule has 0 aliphatic rings. The van der Waals surface area contributed by atoms with Crippen molar-refractivity contribution in [1.29, 1.82) is 0 Å². The Bertz CT molecular complexity index is 179. The predicted molar refractivity (Wildman–Crippen MR) is 50.1 cm³/mol. The van der Waals surface area contributed by atoms with E-state index in [1.807, 2.05) is 0 Å². The van der Waals surface area contributed by atoms with E-state index >= 15 is 0 Å². The van der Waals surface area contributed by atoms with Gasteiger partial charge < -0.3 is 10.5 Å². The first-order chi connectivity index (χ1) is 5.16. The summed E-state index contributed by atoms with van der Waals surface area (Å²) in [6.45, 7) is 2.12. The van der Waals surface area contributed by atoms with Crippen LogP contribution in [0.2, 0.25) is 0 Å². The lowest BCUT2D eigenvalue weighted by atomic mass is 10.6. The minimum absolute atomic E-state index is 0.283. The van der Waals surface area contributed by atoms with Crippen LogP contribution in [0.1, 0.15) is 6.92 Å². The second kappa shape index (κ2) is 6.18. The Kier molecular flexibility index (Phi) is 5.87. The minimum atomic E-state index is -0.378. The minimum Gasteiger partial charge on any atom is -0.463 e. The molecular formula is C6H9NO2S2. The van der Waals surface area contributed by atoms with Gasteiger partial charge in [-0.15, -0.1) is 0 Å². The maximum atomic E-state index is 10.6. The molecule has 0 fully saturated rings. The second-order valence-electron chi connectivity index (χ2n) is 1.49. The Balaban J connectivity index is 3.56. The van der Waals surface area contributed by atoms with Gasteiger partial charge in [-0.3, -0.25) is 0 Å². The van der Waals surface area contributed by atoms with Gasteiger partial charge in [0.2, 0.25) is 0 Å². The summed E-state index contributed by atoms with van der Waals surface area (Å²) in [4.78, 5) is 10.6. The number of carbonyl (C=O) groups is 1. The van der Waals surface area contributed by atoms with Gasteiger partial charge in [0.1, 0.15) is 4.32 Å². The van der Waals surface area contributed by atoms with Crippen LogP contribution in [0.4, 0.5) is 0 Å². The Morgan fingerprint density at radius 2 is 2.45 bits per heavy atom. The molecular weight excluding hydrogens is 182 g/mol. The summed E-state index contributed by atoms with van der Waals surface area (Å²) in [6, 6.07) is 0. The molecule has 3 nitrogen and oxygen atoms in total. The van der Waals surface area contributed by atoms with Gasteiger partial charge in [-0.1, -0.05) is 24.0 Å². The van der Waals surface area contributed by atoms with Crippen LogP contribution in [0.5, 0.6) is 0 Å². The highest BCUT2D eigenvalue weighted by Crippen LogP contribution is 2.00. The lowest BCUT2D eigenvalue weighted by molar-refractivity contribution is -0.137. The SMILES string of the molecule is CCOC(=O)/C=C\SC(N)=S. The summed E-state index contributed by atoms with van der Waals surface area (Å²) in [7, 11) is 0. The van der Waals surface area contributed by atoms with E-state index in [-0.39, 0.29) is 10.3 Å². The van der Waals surface area contributed by atoms with Crippen molar-refractivity contribution in [2.45, 2.75) is 6.92 Å². The number of hydrogen-bond donors (Lipinski definition) is 1. The second-order valence-corrected chi connectivity index (χ2v) is 3.14. The van der Waals surface area contributed by atoms with Crippen LogP contribution in [0.25, 0.3) is 0 Å². The van der Waals surface area contributed by atoms with Crippen molar-refractivity contribution in [2.24, 2.45) is 5.73 Å². The topological polar surface area (TPSA) is 52.3 Å². The number of ether oxygens (including phenoxy) is 1. The van der Waals surface area contributed by atoms with Crippen molar-refractivity contribution in [1.82, 2.24) is 0 Å². The number of carbonyl (C=O) groups excluding carboxylic acids is 1. The van der Waals surface area contributed by atoms with Gasteiger partial charge in [-0.05, 0) is 12.3 Å². The molecule has 0 aromatic heterocycles. The fourth-order valence-electron chi connectivity index (χ4n) is 0.347. The van der Waals surface area contributed by atoms with E-state index in [0.717, 1.165) is 11.8 Å². The first kappa shape index (κ1) is 10.4. The highest BCUT2D eigenvalue weighted by atomic mass is 32.2. The summed E-state index contributed by atoms with van der Waals surface area (Å²) in [5.74, 6) is -0.378. The molecule has 0 radical (unpaired) electrons. The van der Waals surface area contributed by atoms with Crippen molar-refractivity contribution in [3.8, 4) is 0 Å². The quantitative estimate of drug-likeness (QED) is 0.410. The molecule has 2 N–H and O–H groups in total. The van der Waals surface area contributed by atoms with E-state index in [1.165, 1.54) is 11.5 Å². The fraction of sp³-hybridized carbons (Fsp3) is 0.333. The normalized spacial score (nSPS) is 9.91. The largest absolute Gasteiger partial charge is 0.463 e. The van der Waals surface area contributed by atoms with Crippen LogP contribution in [-0.2, 0) is 9.53 Å². The first-order valence-corrected chi connectivity index (χ1v) is 4.25. The number of nitrogens with two attached hydrogens (primary N) is 1. The van der Waals surface area contributed by atoms with Gasteiger partial charge in [-0.2, -0.15) is 0 Å². The van der Waals surface area contributed by atoms with Gasteiger partial charge in [0.15, 0.2) is 0 Å². The third-order valence-corrected chi connectivity index (χ3v) is 1.47. The number of rotatable bonds is 3. The Morgan fingerprint density at radius 1 is 1.82 bits per heavy atom. The van der Waals surface area contributed by atoms with Gasteiger partial charge in [0, 0.05) is 6.08 Å². The summed E-state index contributed by atoms with van der Waals surface area (Å²) in [6.07, 6.45) is 1.29. The summed E-state index contributed by atoms with van der Waals surface area (Å²) in [5.41, 5.74) is 5.14. The van der Waals surface area contributed by atoms with Crippen LogP contribution in [0, 0.1) is 0 Å². The number of esters is 1. The van der Waals surface area contributed by atoms with Crippen molar-refractivity contribution in [3.63, 3.8) is 0 Å². The first-order valence-electron chi connectivity index (χ1n) is 2.96. The average Bonchev–Trinajstić information content (AvgIpc) is 1.87. The molecule has 0 saturated carbocycles. The molecule has 0 aliphatic carbocycles. The molecule has 0 aromatic rings. The lowest BCUT2D eigenvalue weighted by Crippen LogP contribution is -2.01. The number of hydrogen-bond acceptors (Lipinski definition) is 4. The summed E-state index contributed by atoms with van der Waals surface area (Å²) < 4.78 is 4.88. The standard InChI is InChI=1S/C6H9NO2S2/c1-2-9-5(8)3-4-11-6(7)10/h3-4H,2H2,1H3,(H2,7,10)/b4-3-. The van der Waals surface area contributed by atoms with Gasteiger partial charge >= 0.3 is 5.97 Å². The van der Waals surface area contributed by atoms with E-state index in [9.17, 15) is 4.79 Å². The Hall–Kier alpha value is -0.550. The summed E-state index contributed by atoms with van der Waals surface area (Å²) >= 11 is 5.66. The molecule has 0 unspecified atom stereocenters. The molecule has 0 spiro atoms. The van der Waals surface area contributed by atoms with Crippen LogP contribution in [-0.4, -0.2) is 16.9 Å². The molecule has 0 saturated heterocycles. The molecule has 5 heteroatoms. The zero-order valence-corrected chi connectivity index (χ0v) is 7.71. The smallest absolute Gasteiger partial charge is 0.331 e. The zero-order valence-electron chi connectivity index (χ0n) is 6.07. The molecule has 11 heavy (non-hydrogen) atoms. The van der Waals surface area contributed by atoms with Gasteiger partial charge in [-0.25, -0.2) is 4.79 Å². The molecule has 62 valence electrons. The van der Waals surface area contributed by atoms with E-state index < -0.39 is 0 Å². The van der Waals surface area contributed by atoms with Crippen molar-refractivity contribution in [2.75, 3.05) is 6.61 Å². The number of thioether (sulfide) groups is 1. The van der Waals surface area contributed by atoms with E-state index in [1.54, 1.807) is 6.92 Å². The number of thiocarbonyl (C=S) groups is 1. The molecule has 0 bridgehead atoms. The Morgan fingerprint density at radius 3 is 2.91 bits per heavy atom. The fourth-order valence-corrected chi connectivity index (χ4v) is 0.827. The van der Waals surface area contributed by atoms with E-state index in [4.69, 9.17) is 5.73 Å². The molecule has 0 heterocycles. The molecule has 0 atom stereocenters. The molecule has 0 aromatic carbocycles. The van der Waals surface area contributed by atoms with E-state index in [0.29, 0.717) is 6.61 Å². The predicted octanol–water partition coefficient (Wildman–Crippen LogP) is 1.04. The highest BCUT2D eigenvalue weighted by Gasteiger charge is 1.92. The van der Waals surface area contributed by atoms with Crippen LogP contribution < -0.4 is 5.73 Å². The third kappa shape index (κ3) is 7.35. The van der Waals surface area contributed by atoms with Crippen LogP contribution in [0.3, 0.4) is 0 Å². The molecule has 0 rings (SSSR count). The maximum Gasteiger partial charge on any atom is 0.331 e. The van der Waals surface area contributed by atoms with Gasteiger partial charge in [0.25, 0.3) is 0 Å². The van der Waals surface area contributed by atoms with Crippen molar-refractivity contribution >= 4 is 34.3 Å². The maximum absolute atomic E-state index is 10.6. The van der Waals surface area contributed by atoms with E-state index in [2.05, 4.69) is 17.0 Å². The van der Waals surface area contributed by atoms with Gasteiger partial charge in [0.05, 0.1) is 6.61 Å². The average molecular weight is 191 g/mol. The monoisotopic (exact) mass is 191 g/mol. The third-order valence-electron chi connectivity index (χ3n) is 0.675. The summed E-state index contributed by atoms with van der Waals surface area (Å²) in [5, 5.41) is 1.50. The zero-order chi connectivity index (χ0) is 8.69. The molecule has 0 aliphatic heterocycles. The Labute approximate surface area is 75.0 Å². The molecule has 0 amide bonds. The van der Waals surface area contributed by atoms with Crippen LogP contribution >= 0.6 is 24.0 Å². The van der Waals surface area contributed by atoms with Crippen LogP contribution in [0.15, 0.2) is 11.5 Å². The lowest BCUT2D eigenvalue weighted by Gasteiger charge is -1.93.